The van der Waals surface area contributed by atoms with Crippen LogP contribution >= 0.6 is 11.8 Å². The van der Waals surface area contributed by atoms with E-state index >= 15 is 0 Å². The van der Waals surface area contributed by atoms with Gasteiger partial charge < -0.3 is 9.80 Å². The first kappa shape index (κ1) is 21.6. The number of nitrogens with zero attached hydrogens (tertiary/aromatic N) is 3. The smallest absolute Gasteiger partial charge is 0.281 e. The molecule has 0 aliphatic carbocycles. The Kier molecular flexibility index (Phi) is 6.63. The second-order valence-electron chi connectivity index (χ2n) is 8.02. The summed E-state index contributed by atoms with van der Waals surface area (Å²) in [7, 11) is -1.46. The summed E-state index contributed by atoms with van der Waals surface area (Å²) in [6.07, 6.45) is 3.45. The fourth-order valence-electron chi connectivity index (χ4n) is 4.30. The fourth-order valence-corrected chi connectivity index (χ4v) is 6.38. The number of rotatable bonds is 6. The van der Waals surface area contributed by atoms with Gasteiger partial charge in [-0.25, -0.2) is 0 Å². The van der Waals surface area contributed by atoms with Crippen molar-refractivity contribution in [2.75, 3.05) is 39.8 Å². The van der Waals surface area contributed by atoms with Crippen LogP contribution in [0, 0.1) is 0 Å². The maximum atomic E-state index is 12.5. The van der Waals surface area contributed by atoms with E-state index in [1.54, 1.807) is 24.8 Å². The van der Waals surface area contributed by atoms with E-state index in [1.165, 1.54) is 16.7 Å². The molecule has 160 valence electrons. The van der Waals surface area contributed by atoms with Gasteiger partial charge in [0, 0.05) is 48.1 Å². The van der Waals surface area contributed by atoms with Crippen molar-refractivity contribution >= 4 is 28.0 Å². The standard InChI is InChI=1S/C23H29N3O2S2/c1-3-24-30(27,28)18-10-11-23-21(17-18)19(20-7-4-5-9-22(20)29-23)8-6-12-26-15-13-25(2)14-16-26/h3-5,7,9-11,17,19H,6,8,12-16H2,1-2H3. The molecule has 1 unspecified atom stereocenters. The minimum atomic E-state index is -3.64. The van der Waals surface area contributed by atoms with Gasteiger partial charge in [-0.3, -0.25) is 0 Å². The molecule has 2 heterocycles. The largest absolute Gasteiger partial charge is 0.304 e. The fraction of sp³-hybridized carbons (Fsp3) is 0.435. The first-order chi connectivity index (χ1) is 14.5. The molecule has 0 saturated carbocycles. The van der Waals surface area contributed by atoms with Crippen LogP contribution < -0.4 is 0 Å². The molecule has 0 spiro atoms. The Morgan fingerprint density at radius 2 is 1.80 bits per heavy atom. The topological polar surface area (TPSA) is 53.0 Å². The number of piperazine rings is 1. The van der Waals surface area contributed by atoms with Crippen LogP contribution in [0.4, 0.5) is 0 Å². The first-order valence-electron chi connectivity index (χ1n) is 10.5. The number of fused-ring (bicyclic) bond motifs is 2. The van der Waals surface area contributed by atoms with Gasteiger partial charge in [-0.2, -0.15) is 12.8 Å². The number of benzene rings is 2. The van der Waals surface area contributed by atoms with E-state index in [2.05, 4.69) is 45.5 Å². The first-order valence-corrected chi connectivity index (χ1v) is 12.8. The molecule has 0 N–H and O–H groups in total. The van der Waals surface area contributed by atoms with Gasteiger partial charge in [-0.15, -0.1) is 0 Å². The molecule has 2 aliphatic heterocycles. The normalized spacial score (nSPS) is 20.3. The Balaban J connectivity index is 1.59. The van der Waals surface area contributed by atoms with Crippen LogP contribution in [0.1, 0.15) is 36.8 Å². The summed E-state index contributed by atoms with van der Waals surface area (Å²) < 4.78 is 28.7. The maximum absolute atomic E-state index is 12.5. The van der Waals surface area contributed by atoms with Crippen LogP contribution in [-0.2, 0) is 10.0 Å². The van der Waals surface area contributed by atoms with Crippen LogP contribution in [-0.4, -0.2) is 64.2 Å². The third-order valence-corrected chi connectivity index (χ3v) is 8.50. The second-order valence-corrected chi connectivity index (χ2v) is 10.7. The Bertz CT molecular complexity index is 1030. The third kappa shape index (κ3) is 4.64. The van der Waals surface area contributed by atoms with Gasteiger partial charge in [0.15, 0.2) is 0 Å². The Morgan fingerprint density at radius 3 is 2.57 bits per heavy atom. The summed E-state index contributed by atoms with van der Waals surface area (Å²) in [4.78, 5) is 7.63. The molecule has 1 atom stereocenters. The SMILES string of the molecule is CC=NS(=O)(=O)c1ccc2c(c1)C(CCCN1CCN(C)CC1)c1ccccc1S2. The van der Waals surface area contributed by atoms with Crippen LogP contribution in [0.25, 0.3) is 0 Å². The summed E-state index contributed by atoms with van der Waals surface area (Å²) in [5.41, 5.74) is 2.42. The lowest BCUT2D eigenvalue weighted by atomic mass is 9.87. The van der Waals surface area contributed by atoms with Crippen molar-refractivity contribution in [2.24, 2.45) is 4.40 Å². The highest BCUT2D eigenvalue weighted by molar-refractivity contribution is 7.99. The van der Waals surface area contributed by atoms with E-state index in [0.29, 0.717) is 0 Å². The molecule has 5 nitrogen and oxygen atoms in total. The molecule has 1 fully saturated rings. The highest BCUT2D eigenvalue weighted by Crippen LogP contribution is 2.48. The van der Waals surface area contributed by atoms with Crippen LogP contribution in [0.5, 0.6) is 0 Å². The molecule has 2 aromatic carbocycles. The summed E-state index contributed by atoms with van der Waals surface area (Å²) in [6, 6.07) is 14.0. The lowest BCUT2D eigenvalue weighted by molar-refractivity contribution is 0.151. The molecule has 1 saturated heterocycles. The van der Waals surface area contributed by atoms with E-state index in [9.17, 15) is 8.42 Å². The predicted molar refractivity (Wildman–Crippen MR) is 123 cm³/mol. The van der Waals surface area contributed by atoms with Crippen LogP contribution in [0.15, 0.2) is 61.5 Å². The summed E-state index contributed by atoms with van der Waals surface area (Å²) in [5.74, 6) is 0.214. The monoisotopic (exact) mass is 443 g/mol. The van der Waals surface area contributed by atoms with Crippen molar-refractivity contribution in [1.29, 1.82) is 0 Å². The lowest BCUT2D eigenvalue weighted by Gasteiger charge is -2.33. The number of hydrogen-bond donors (Lipinski definition) is 0. The lowest BCUT2D eigenvalue weighted by Crippen LogP contribution is -2.44. The highest BCUT2D eigenvalue weighted by atomic mass is 32.2. The minimum absolute atomic E-state index is 0.214. The van der Waals surface area contributed by atoms with Crippen LogP contribution in [0.3, 0.4) is 0 Å². The van der Waals surface area contributed by atoms with Crippen molar-refractivity contribution in [2.45, 2.75) is 40.4 Å². The zero-order valence-electron chi connectivity index (χ0n) is 17.6. The summed E-state index contributed by atoms with van der Waals surface area (Å²) in [6.45, 7) is 7.23. The molecule has 0 aromatic heterocycles. The molecule has 2 aliphatic rings. The molecular formula is C23H29N3O2S2. The summed E-state index contributed by atoms with van der Waals surface area (Å²) >= 11 is 1.73. The van der Waals surface area contributed by atoms with Gasteiger partial charge in [0.25, 0.3) is 10.0 Å². The quantitative estimate of drug-likeness (QED) is 0.630. The molecule has 0 amide bonds. The van der Waals surface area contributed by atoms with Gasteiger partial charge in [-0.1, -0.05) is 30.0 Å². The molecule has 0 bridgehead atoms. The van der Waals surface area contributed by atoms with E-state index in [-0.39, 0.29) is 10.8 Å². The zero-order valence-corrected chi connectivity index (χ0v) is 19.3. The number of sulfonamides is 1. The van der Waals surface area contributed by atoms with Crippen LogP contribution in [0.2, 0.25) is 0 Å². The minimum Gasteiger partial charge on any atom is -0.304 e. The number of likely N-dealkylation sites (N-methyl/N-ethyl adjacent to an activating group) is 1. The second kappa shape index (κ2) is 9.22. The van der Waals surface area contributed by atoms with E-state index in [0.717, 1.165) is 56.0 Å². The molecule has 7 heteroatoms. The molecule has 2 aromatic rings. The van der Waals surface area contributed by atoms with Gasteiger partial charge in [-0.05, 0) is 68.8 Å². The average Bonchev–Trinajstić information content (AvgIpc) is 2.74. The highest BCUT2D eigenvalue weighted by Gasteiger charge is 2.28. The maximum Gasteiger partial charge on any atom is 0.281 e. The zero-order chi connectivity index (χ0) is 21.1. The predicted octanol–water partition coefficient (Wildman–Crippen LogP) is 4.09. The Morgan fingerprint density at radius 1 is 1.07 bits per heavy atom. The third-order valence-electron chi connectivity index (χ3n) is 5.98. The van der Waals surface area contributed by atoms with Gasteiger partial charge >= 0.3 is 0 Å². The van der Waals surface area contributed by atoms with Gasteiger partial charge in [0.05, 0.1) is 4.90 Å². The Labute approximate surface area is 184 Å². The molecular weight excluding hydrogens is 414 g/mol. The van der Waals surface area contributed by atoms with Gasteiger partial charge in [0.2, 0.25) is 0 Å². The molecule has 30 heavy (non-hydrogen) atoms. The van der Waals surface area contributed by atoms with E-state index < -0.39 is 10.0 Å². The molecule has 4 rings (SSSR count). The van der Waals surface area contributed by atoms with Crippen molar-refractivity contribution in [3.63, 3.8) is 0 Å². The van der Waals surface area contributed by atoms with Crippen molar-refractivity contribution in [3.8, 4) is 0 Å². The van der Waals surface area contributed by atoms with Crippen molar-refractivity contribution in [1.82, 2.24) is 9.80 Å². The number of hydrogen-bond acceptors (Lipinski definition) is 5. The van der Waals surface area contributed by atoms with E-state index in [1.807, 2.05) is 12.1 Å². The Hall–Kier alpha value is -1.67. The van der Waals surface area contributed by atoms with Crippen molar-refractivity contribution in [3.05, 3.63) is 53.6 Å². The average molecular weight is 444 g/mol. The van der Waals surface area contributed by atoms with Crippen molar-refractivity contribution < 1.29 is 8.42 Å². The van der Waals surface area contributed by atoms with Gasteiger partial charge in [0.1, 0.15) is 0 Å². The summed E-state index contributed by atoms with van der Waals surface area (Å²) in [5, 5.41) is 0. The van der Waals surface area contributed by atoms with E-state index in [4.69, 9.17) is 0 Å². The molecule has 0 radical (unpaired) electrons.